The van der Waals surface area contributed by atoms with E-state index in [2.05, 4.69) is 64.6 Å². The molecule has 0 spiro atoms. The van der Waals surface area contributed by atoms with Crippen molar-refractivity contribution in [3.8, 4) is 35.2 Å². The van der Waals surface area contributed by atoms with Gasteiger partial charge in [-0.2, -0.15) is 10.5 Å². The maximum atomic E-state index is 9.89. The molecule has 2 unspecified atom stereocenters. The van der Waals surface area contributed by atoms with Gasteiger partial charge in [0.2, 0.25) is 0 Å². The van der Waals surface area contributed by atoms with Crippen molar-refractivity contribution in [2.24, 2.45) is 0 Å². The van der Waals surface area contributed by atoms with Crippen molar-refractivity contribution in [1.82, 2.24) is 50.1 Å². The molecule has 0 aromatic carbocycles. The number of nitriles is 2. The Bertz CT molecular complexity index is 1540. The average molecular weight is 479 g/mol. The van der Waals surface area contributed by atoms with E-state index >= 15 is 0 Å². The summed E-state index contributed by atoms with van der Waals surface area (Å²) in [5.74, 6) is 2.94. The van der Waals surface area contributed by atoms with Gasteiger partial charge in [0, 0.05) is 26.2 Å². The summed E-state index contributed by atoms with van der Waals surface area (Å²) < 4.78 is 4.09. The first-order chi connectivity index (χ1) is 17.7. The fourth-order valence-electron chi connectivity index (χ4n) is 4.83. The van der Waals surface area contributed by atoms with Crippen LogP contribution in [0.15, 0.2) is 30.3 Å². The van der Waals surface area contributed by atoms with Gasteiger partial charge in [-0.1, -0.05) is 12.1 Å². The zero-order valence-corrected chi connectivity index (χ0v) is 19.5. The minimum atomic E-state index is -0.147. The summed E-state index contributed by atoms with van der Waals surface area (Å²) in [5, 5.41) is 43.4. The first-order valence-electron chi connectivity index (χ1n) is 11.8. The van der Waals surface area contributed by atoms with Gasteiger partial charge in [0.05, 0.1) is 12.1 Å². The van der Waals surface area contributed by atoms with Gasteiger partial charge in [-0.05, 0) is 37.1 Å². The van der Waals surface area contributed by atoms with Crippen LogP contribution in [0.5, 0.6) is 0 Å². The highest BCUT2D eigenvalue weighted by Gasteiger charge is 2.28. The summed E-state index contributed by atoms with van der Waals surface area (Å²) in [6, 6.07) is 13.4. The molecule has 6 rings (SSSR count). The van der Waals surface area contributed by atoms with E-state index in [0.717, 1.165) is 30.3 Å². The lowest BCUT2D eigenvalue weighted by molar-refractivity contribution is 0.413. The van der Waals surface area contributed by atoms with Gasteiger partial charge in [-0.15, -0.1) is 20.4 Å². The molecule has 0 aliphatic carbocycles. The van der Waals surface area contributed by atoms with Crippen molar-refractivity contribution < 1.29 is 0 Å². The van der Waals surface area contributed by atoms with Crippen molar-refractivity contribution in [1.29, 1.82) is 10.5 Å². The smallest absolute Gasteiger partial charge is 0.182 e. The second kappa shape index (κ2) is 8.92. The van der Waals surface area contributed by atoms with E-state index in [1.54, 1.807) is 12.1 Å². The van der Waals surface area contributed by atoms with E-state index in [1.807, 2.05) is 22.8 Å². The molecule has 0 saturated carbocycles. The molecule has 0 amide bonds. The number of fused-ring (bicyclic) bond motifs is 2. The maximum Gasteiger partial charge on any atom is 0.182 e. The molecule has 4 aromatic heterocycles. The van der Waals surface area contributed by atoms with Crippen LogP contribution in [-0.4, -0.2) is 52.6 Å². The van der Waals surface area contributed by atoms with Crippen LogP contribution >= 0.6 is 0 Å². The van der Waals surface area contributed by atoms with Gasteiger partial charge >= 0.3 is 0 Å². The minimum absolute atomic E-state index is 0.118. The average Bonchev–Trinajstić information content (AvgIpc) is 3.55. The number of nitrogens with one attached hydrogen (secondary N) is 2. The van der Waals surface area contributed by atoms with Crippen LogP contribution in [0, 0.1) is 22.7 Å². The predicted octanol–water partition coefficient (Wildman–Crippen LogP) is 1.29. The molecule has 36 heavy (non-hydrogen) atoms. The molecule has 0 radical (unpaired) electrons. The summed E-state index contributed by atoms with van der Waals surface area (Å²) in [5.41, 5.74) is 2.75. The van der Waals surface area contributed by atoms with Crippen molar-refractivity contribution in [2.75, 3.05) is 13.1 Å². The first-order valence-corrected chi connectivity index (χ1v) is 11.8. The maximum absolute atomic E-state index is 9.89. The molecule has 0 saturated heterocycles. The number of hydrogen-bond acceptors (Lipinski definition) is 10. The van der Waals surface area contributed by atoms with Gasteiger partial charge in [0.1, 0.15) is 40.7 Å². The van der Waals surface area contributed by atoms with Crippen LogP contribution < -0.4 is 10.6 Å². The van der Waals surface area contributed by atoms with Crippen molar-refractivity contribution in [3.63, 3.8) is 0 Å². The first kappa shape index (κ1) is 22.0. The highest BCUT2D eigenvalue weighted by Crippen LogP contribution is 2.28. The largest absolute Gasteiger partial charge is 0.307 e. The molecule has 12 heteroatoms. The topological polar surface area (TPSA) is 159 Å². The van der Waals surface area contributed by atoms with E-state index in [0.29, 0.717) is 53.9 Å². The van der Waals surface area contributed by atoms with Gasteiger partial charge in [-0.3, -0.25) is 0 Å². The van der Waals surface area contributed by atoms with E-state index in [9.17, 15) is 10.5 Å². The lowest BCUT2D eigenvalue weighted by Crippen LogP contribution is -2.35. The Balaban J connectivity index is 1.30. The number of pyridine rings is 2. The van der Waals surface area contributed by atoms with E-state index in [1.165, 1.54) is 0 Å². The standard InChI is InChI=1S/C24H22N12/c1-14-21-31-32-23(35(21)9-7-27-14)18-6-5-15(20(13-26)30-18)11-19-24-34-33-22(36(24)10-8-28-19)17-4-2-3-16(12-25)29-17/h2-6,14,19,27-28H,7-11H2,1H3. The molecule has 2 N–H and O–H groups in total. The SMILES string of the molecule is CC1NCCn2c(-c3ccc(CC4NCCn5c(-c6cccc(C#N)n6)nnc54)c(C#N)n3)nnc21. The van der Waals surface area contributed by atoms with Crippen molar-refractivity contribution in [2.45, 2.75) is 38.5 Å². The summed E-state index contributed by atoms with van der Waals surface area (Å²) >= 11 is 0. The predicted molar refractivity (Wildman–Crippen MR) is 127 cm³/mol. The summed E-state index contributed by atoms with van der Waals surface area (Å²) in [6.07, 6.45) is 0.527. The molecule has 12 nitrogen and oxygen atoms in total. The lowest BCUT2D eigenvalue weighted by Gasteiger charge is -2.25. The van der Waals surface area contributed by atoms with Crippen LogP contribution in [0.25, 0.3) is 23.0 Å². The number of hydrogen-bond donors (Lipinski definition) is 2. The molecular formula is C24H22N12. The van der Waals surface area contributed by atoms with Crippen LogP contribution in [0.2, 0.25) is 0 Å². The summed E-state index contributed by atoms with van der Waals surface area (Å²) in [4.78, 5) is 9.02. The monoisotopic (exact) mass is 478 g/mol. The fraction of sp³-hybridized carbons (Fsp3) is 0.333. The Morgan fingerprint density at radius 2 is 1.58 bits per heavy atom. The zero-order valence-electron chi connectivity index (χ0n) is 19.5. The molecule has 6 heterocycles. The Labute approximate surface area is 206 Å². The highest BCUT2D eigenvalue weighted by molar-refractivity contribution is 5.54. The summed E-state index contributed by atoms with van der Waals surface area (Å²) in [7, 11) is 0. The molecule has 4 aromatic rings. The second-order valence-corrected chi connectivity index (χ2v) is 8.79. The highest BCUT2D eigenvalue weighted by atomic mass is 15.3. The third-order valence-electron chi connectivity index (χ3n) is 6.60. The quantitative estimate of drug-likeness (QED) is 0.437. The van der Waals surface area contributed by atoms with E-state index in [-0.39, 0.29) is 12.1 Å². The minimum Gasteiger partial charge on any atom is -0.307 e. The van der Waals surface area contributed by atoms with Gasteiger partial charge < -0.3 is 19.8 Å². The molecule has 0 bridgehead atoms. The van der Waals surface area contributed by atoms with Crippen LogP contribution in [0.3, 0.4) is 0 Å². The van der Waals surface area contributed by atoms with Crippen molar-refractivity contribution in [3.05, 3.63) is 58.9 Å². The van der Waals surface area contributed by atoms with Crippen molar-refractivity contribution >= 4 is 0 Å². The molecular weight excluding hydrogens is 456 g/mol. The summed E-state index contributed by atoms with van der Waals surface area (Å²) in [6.45, 7) is 5.03. The molecule has 0 fully saturated rings. The third kappa shape index (κ3) is 3.69. The van der Waals surface area contributed by atoms with Gasteiger partial charge in [-0.25, -0.2) is 9.97 Å². The number of nitrogens with zero attached hydrogens (tertiary/aromatic N) is 10. The molecule has 2 aliphatic heterocycles. The Kier molecular flexibility index (Phi) is 5.45. The molecule has 178 valence electrons. The third-order valence-corrected chi connectivity index (χ3v) is 6.60. The Morgan fingerprint density at radius 3 is 2.36 bits per heavy atom. The van der Waals surface area contributed by atoms with Crippen LogP contribution in [-0.2, 0) is 19.5 Å². The molecule has 2 aliphatic rings. The Morgan fingerprint density at radius 1 is 0.861 bits per heavy atom. The zero-order chi connectivity index (χ0) is 24.6. The normalized spacial score (nSPS) is 18.6. The fourth-order valence-corrected chi connectivity index (χ4v) is 4.83. The lowest BCUT2D eigenvalue weighted by atomic mass is 10.0. The number of aromatic nitrogens is 8. The Hall–Kier alpha value is -4.52. The van der Waals surface area contributed by atoms with Crippen LogP contribution in [0.1, 0.15) is 47.6 Å². The molecule has 2 atom stereocenters. The van der Waals surface area contributed by atoms with Crippen LogP contribution in [0.4, 0.5) is 0 Å². The second-order valence-electron chi connectivity index (χ2n) is 8.79. The number of rotatable bonds is 4. The van der Waals surface area contributed by atoms with E-state index < -0.39 is 0 Å². The van der Waals surface area contributed by atoms with Gasteiger partial charge in [0.25, 0.3) is 0 Å². The van der Waals surface area contributed by atoms with E-state index in [4.69, 9.17) is 0 Å². The van der Waals surface area contributed by atoms with Gasteiger partial charge in [0.15, 0.2) is 17.5 Å².